The summed E-state index contributed by atoms with van der Waals surface area (Å²) in [5, 5.41) is 13.5. The van der Waals surface area contributed by atoms with E-state index in [4.69, 9.17) is 4.52 Å². The zero-order valence-electron chi connectivity index (χ0n) is 13.7. The normalized spacial score (nSPS) is 28.4. The summed E-state index contributed by atoms with van der Waals surface area (Å²) in [6, 6.07) is 0.952. The number of carbonyl (C=O) groups excluding carboxylic acids is 1. The van der Waals surface area contributed by atoms with Crippen molar-refractivity contribution >= 4 is 11.9 Å². The highest BCUT2D eigenvalue weighted by atomic mass is 16.5. The standard InChI is InChI=1S/C17H24N2O4/c1-3-10(2)12-9-15(23-18-12)16(20)19-13-7-5-4-6-11(13)8-14(19)17(21)22/h9-11,13-14H,3-8H2,1-2H3,(H,21,22). The highest BCUT2D eigenvalue weighted by Crippen LogP contribution is 2.40. The van der Waals surface area contributed by atoms with Crippen molar-refractivity contribution < 1.29 is 19.2 Å². The van der Waals surface area contributed by atoms with Crippen LogP contribution in [0.2, 0.25) is 0 Å². The van der Waals surface area contributed by atoms with Gasteiger partial charge in [0.15, 0.2) is 0 Å². The Morgan fingerprint density at radius 3 is 2.87 bits per heavy atom. The molecule has 2 fully saturated rings. The lowest BCUT2D eigenvalue weighted by Gasteiger charge is -2.32. The molecule has 6 nitrogen and oxygen atoms in total. The van der Waals surface area contributed by atoms with Gasteiger partial charge in [-0.05, 0) is 31.6 Å². The Balaban J connectivity index is 1.86. The summed E-state index contributed by atoms with van der Waals surface area (Å²) < 4.78 is 5.24. The first-order valence-electron chi connectivity index (χ1n) is 8.55. The second-order valence-electron chi connectivity index (χ2n) is 6.84. The van der Waals surface area contributed by atoms with Gasteiger partial charge in [0.2, 0.25) is 5.76 Å². The van der Waals surface area contributed by atoms with E-state index in [9.17, 15) is 14.7 Å². The number of carbonyl (C=O) groups is 2. The maximum Gasteiger partial charge on any atom is 0.326 e. The van der Waals surface area contributed by atoms with Crippen molar-refractivity contribution in [3.8, 4) is 0 Å². The molecule has 6 heteroatoms. The predicted molar refractivity (Wildman–Crippen MR) is 83.2 cm³/mol. The third kappa shape index (κ3) is 2.86. The molecule has 3 rings (SSSR count). The molecule has 1 aromatic rings. The van der Waals surface area contributed by atoms with Gasteiger partial charge in [0.05, 0.1) is 5.69 Å². The molecule has 1 N–H and O–H groups in total. The van der Waals surface area contributed by atoms with Gasteiger partial charge in [0.1, 0.15) is 6.04 Å². The van der Waals surface area contributed by atoms with Crippen LogP contribution in [0, 0.1) is 5.92 Å². The lowest BCUT2D eigenvalue weighted by atomic mass is 9.84. The van der Waals surface area contributed by atoms with Gasteiger partial charge < -0.3 is 14.5 Å². The second-order valence-corrected chi connectivity index (χ2v) is 6.84. The summed E-state index contributed by atoms with van der Waals surface area (Å²) in [4.78, 5) is 26.0. The van der Waals surface area contributed by atoms with Crippen LogP contribution in [0.3, 0.4) is 0 Å². The van der Waals surface area contributed by atoms with Crippen LogP contribution in [-0.2, 0) is 4.79 Å². The number of amides is 1. The number of nitrogens with zero attached hydrogens (tertiary/aromatic N) is 2. The Kier molecular flexibility index (Phi) is 4.41. The molecule has 4 atom stereocenters. The van der Waals surface area contributed by atoms with Gasteiger partial charge in [-0.25, -0.2) is 4.79 Å². The van der Waals surface area contributed by atoms with E-state index < -0.39 is 12.0 Å². The Morgan fingerprint density at radius 1 is 1.43 bits per heavy atom. The summed E-state index contributed by atoms with van der Waals surface area (Å²) >= 11 is 0. The molecule has 1 amide bonds. The number of hydrogen-bond acceptors (Lipinski definition) is 4. The molecule has 1 aliphatic carbocycles. The molecule has 0 bridgehead atoms. The zero-order chi connectivity index (χ0) is 16.6. The van der Waals surface area contributed by atoms with E-state index in [-0.39, 0.29) is 23.6 Å². The summed E-state index contributed by atoms with van der Waals surface area (Å²) in [5.74, 6) is -0.566. The highest BCUT2D eigenvalue weighted by Gasteiger charge is 2.48. The van der Waals surface area contributed by atoms with E-state index >= 15 is 0 Å². The van der Waals surface area contributed by atoms with Gasteiger partial charge >= 0.3 is 5.97 Å². The quantitative estimate of drug-likeness (QED) is 0.922. The molecule has 0 radical (unpaired) electrons. The Hall–Kier alpha value is -1.85. The fraction of sp³-hybridized carbons (Fsp3) is 0.706. The molecule has 1 saturated carbocycles. The summed E-state index contributed by atoms with van der Waals surface area (Å²) in [6.07, 6.45) is 5.52. The fourth-order valence-electron chi connectivity index (χ4n) is 3.93. The number of fused-ring (bicyclic) bond motifs is 1. The number of aromatic nitrogens is 1. The summed E-state index contributed by atoms with van der Waals surface area (Å²) in [7, 11) is 0. The van der Waals surface area contributed by atoms with Crippen LogP contribution in [0.1, 0.15) is 74.5 Å². The molecule has 2 aliphatic rings. The van der Waals surface area contributed by atoms with Crippen LogP contribution in [0.5, 0.6) is 0 Å². The van der Waals surface area contributed by atoms with E-state index in [0.717, 1.165) is 37.8 Å². The minimum absolute atomic E-state index is 0.0227. The number of rotatable bonds is 4. The molecule has 1 aliphatic heterocycles. The van der Waals surface area contributed by atoms with E-state index in [0.29, 0.717) is 12.3 Å². The van der Waals surface area contributed by atoms with Gasteiger partial charge in [-0.15, -0.1) is 0 Å². The predicted octanol–water partition coefficient (Wildman–Crippen LogP) is 3.05. The molecule has 4 unspecified atom stereocenters. The number of likely N-dealkylation sites (tertiary alicyclic amines) is 1. The maximum absolute atomic E-state index is 12.9. The largest absolute Gasteiger partial charge is 0.480 e. The van der Waals surface area contributed by atoms with Crippen LogP contribution in [-0.4, -0.2) is 39.1 Å². The fourth-order valence-corrected chi connectivity index (χ4v) is 3.93. The van der Waals surface area contributed by atoms with E-state index in [2.05, 4.69) is 5.16 Å². The minimum atomic E-state index is -0.922. The molecule has 1 aromatic heterocycles. The number of carboxylic acids is 1. The van der Waals surface area contributed by atoms with Gasteiger partial charge in [-0.1, -0.05) is 31.8 Å². The van der Waals surface area contributed by atoms with Crippen molar-refractivity contribution in [3.05, 3.63) is 17.5 Å². The number of hydrogen-bond donors (Lipinski definition) is 1. The first-order chi connectivity index (χ1) is 11.0. The first kappa shape index (κ1) is 16.0. The molecule has 126 valence electrons. The minimum Gasteiger partial charge on any atom is -0.480 e. The van der Waals surface area contributed by atoms with Crippen LogP contribution < -0.4 is 0 Å². The molecule has 2 heterocycles. The van der Waals surface area contributed by atoms with Crippen molar-refractivity contribution in [3.63, 3.8) is 0 Å². The van der Waals surface area contributed by atoms with Gasteiger partial charge in [0, 0.05) is 18.0 Å². The molecule has 0 spiro atoms. The smallest absolute Gasteiger partial charge is 0.326 e. The van der Waals surface area contributed by atoms with Crippen molar-refractivity contribution in [2.75, 3.05) is 0 Å². The van der Waals surface area contributed by atoms with Crippen molar-refractivity contribution in [1.29, 1.82) is 0 Å². The summed E-state index contributed by atoms with van der Waals surface area (Å²) in [6.45, 7) is 4.08. The van der Waals surface area contributed by atoms with E-state index in [1.54, 1.807) is 11.0 Å². The summed E-state index contributed by atoms with van der Waals surface area (Å²) in [5.41, 5.74) is 0.752. The van der Waals surface area contributed by atoms with E-state index in [1.165, 1.54) is 0 Å². The van der Waals surface area contributed by atoms with Gasteiger partial charge in [0.25, 0.3) is 5.91 Å². The maximum atomic E-state index is 12.9. The van der Waals surface area contributed by atoms with Crippen LogP contribution in [0.4, 0.5) is 0 Å². The molecular formula is C17H24N2O4. The third-order valence-electron chi connectivity index (χ3n) is 5.46. The lowest BCUT2D eigenvalue weighted by molar-refractivity contribution is -0.141. The third-order valence-corrected chi connectivity index (χ3v) is 5.46. The average Bonchev–Trinajstić information content (AvgIpc) is 3.18. The van der Waals surface area contributed by atoms with E-state index in [1.807, 2.05) is 13.8 Å². The topological polar surface area (TPSA) is 83.6 Å². The van der Waals surface area contributed by atoms with Crippen LogP contribution in [0.25, 0.3) is 0 Å². The average molecular weight is 320 g/mol. The number of carboxylic acid groups (broad SMARTS) is 1. The number of aliphatic carboxylic acids is 1. The zero-order valence-corrected chi connectivity index (χ0v) is 13.7. The second kappa shape index (κ2) is 6.34. The SMILES string of the molecule is CCC(C)c1cc(C(=O)N2C(C(=O)O)CC3CCCCC32)on1. The Bertz CT molecular complexity index is 597. The molecular weight excluding hydrogens is 296 g/mol. The monoisotopic (exact) mass is 320 g/mol. The van der Waals surface area contributed by atoms with Crippen molar-refractivity contribution in [2.24, 2.45) is 5.92 Å². The first-order valence-corrected chi connectivity index (χ1v) is 8.55. The Morgan fingerprint density at radius 2 is 2.17 bits per heavy atom. The molecule has 0 aromatic carbocycles. The van der Waals surface area contributed by atoms with Gasteiger partial charge in [-0.2, -0.15) is 0 Å². The lowest BCUT2D eigenvalue weighted by Crippen LogP contribution is -2.46. The van der Waals surface area contributed by atoms with Crippen LogP contribution in [0.15, 0.2) is 10.6 Å². The van der Waals surface area contributed by atoms with Crippen molar-refractivity contribution in [2.45, 2.75) is 70.4 Å². The molecule has 1 saturated heterocycles. The van der Waals surface area contributed by atoms with Crippen LogP contribution >= 0.6 is 0 Å². The van der Waals surface area contributed by atoms with Gasteiger partial charge in [-0.3, -0.25) is 4.79 Å². The molecule has 23 heavy (non-hydrogen) atoms. The Labute approximate surface area is 135 Å². The van der Waals surface area contributed by atoms with Crippen molar-refractivity contribution in [1.82, 2.24) is 10.1 Å². The highest BCUT2D eigenvalue weighted by molar-refractivity contribution is 5.95.